The van der Waals surface area contributed by atoms with Gasteiger partial charge in [-0.1, -0.05) is 0 Å². The van der Waals surface area contributed by atoms with E-state index >= 15 is 0 Å². The van der Waals surface area contributed by atoms with Gasteiger partial charge in [-0.2, -0.15) is 4.72 Å². The molecule has 19 heavy (non-hydrogen) atoms. The van der Waals surface area contributed by atoms with Crippen molar-refractivity contribution < 1.29 is 17.6 Å². The number of hydrogen-bond donors (Lipinski definition) is 3. The summed E-state index contributed by atoms with van der Waals surface area (Å²) in [6, 6.07) is 2.19. The first-order valence-electron chi connectivity index (χ1n) is 5.06. The molecule has 106 valence electrons. The number of benzene rings is 1. The highest BCUT2D eigenvalue weighted by molar-refractivity contribution is 9.10. The van der Waals surface area contributed by atoms with Crippen molar-refractivity contribution in [3.8, 4) is 0 Å². The van der Waals surface area contributed by atoms with E-state index in [1.165, 1.54) is 19.9 Å². The van der Waals surface area contributed by atoms with Crippen molar-refractivity contribution in [2.75, 3.05) is 5.73 Å². The summed E-state index contributed by atoms with van der Waals surface area (Å²) in [4.78, 5) is 10.5. The third-order valence-corrected chi connectivity index (χ3v) is 4.54. The Kier molecular flexibility index (Phi) is 4.23. The second-order valence-electron chi connectivity index (χ2n) is 4.41. The van der Waals surface area contributed by atoms with E-state index in [-0.39, 0.29) is 10.2 Å². The number of nitrogens with one attached hydrogen (secondary N) is 1. The molecule has 0 saturated carbocycles. The standard InChI is InChI=1S/C10H13BrFN3O3S/c1-10(2,9(14)16)15-19(17,18)7-4-5(13)3-6(11)8(7)12/h3-4,15H,13H2,1-2H3,(H2,14,16). The molecule has 0 aliphatic carbocycles. The summed E-state index contributed by atoms with van der Waals surface area (Å²) in [6.07, 6.45) is 0. The van der Waals surface area contributed by atoms with Crippen LogP contribution in [0.15, 0.2) is 21.5 Å². The van der Waals surface area contributed by atoms with Gasteiger partial charge in [-0.3, -0.25) is 4.79 Å². The predicted molar refractivity (Wildman–Crippen MR) is 72.1 cm³/mol. The van der Waals surface area contributed by atoms with Gasteiger partial charge in [0.25, 0.3) is 0 Å². The van der Waals surface area contributed by atoms with Gasteiger partial charge in [0.05, 0.1) is 4.47 Å². The maximum absolute atomic E-state index is 13.8. The average molecular weight is 354 g/mol. The van der Waals surface area contributed by atoms with Crippen LogP contribution in [-0.4, -0.2) is 19.9 Å². The van der Waals surface area contributed by atoms with Crippen LogP contribution >= 0.6 is 15.9 Å². The number of nitrogen functional groups attached to an aromatic ring is 1. The second-order valence-corrected chi connectivity index (χ2v) is 6.91. The van der Waals surface area contributed by atoms with Gasteiger partial charge in [0.15, 0.2) is 5.82 Å². The molecule has 0 aliphatic rings. The summed E-state index contributed by atoms with van der Waals surface area (Å²) in [5, 5.41) is 0. The Morgan fingerprint density at radius 1 is 1.42 bits per heavy atom. The van der Waals surface area contributed by atoms with Crippen LogP contribution < -0.4 is 16.2 Å². The Morgan fingerprint density at radius 3 is 2.42 bits per heavy atom. The van der Waals surface area contributed by atoms with Crippen molar-refractivity contribution >= 4 is 37.5 Å². The Bertz CT molecular complexity index is 631. The van der Waals surface area contributed by atoms with Crippen LogP contribution in [-0.2, 0) is 14.8 Å². The first kappa shape index (κ1) is 15.9. The molecule has 1 rings (SSSR count). The number of primary amides is 1. The lowest BCUT2D eigenvalue weighted by Crippen LogP contribution is -2.52. The van der Waals surface area contributed by atoms with E-state index in [4.69, 9.17) is 11.5 Å². The molecule has 0 bridgehead atoms. The summed E-state index contributed by atoms with van der Waals surface area (Å²) in [7, 11) is -4.27. The molecule has 0 saturated heterocycles. The fraction of sp³-hybridized carbons (Fsp3) is 0.300. The van der Waals surface area contributed by atoms with Crippen LogP contribution in [0.4, 0.5) is 10.1 Å². The smallest absolute Gasteiger partial charge is 0.244 e. The van der Waals surface area contributed by atoms with E-state index in [9.17, 15) is 17.6 Å². The van der Waals surface area contributed by atoms with Gasteiger partial charge in [0, 0.05) is 5.69 Å². The highest BCUT2D eigenvalue weighted by Gasteiger charge is 2.33. The van der Waals surface area contributed by atoms with Crippen molar-refractivity contribution in [1.29, 1.82) is 0 Å². The molecule has 0 unspecified atom stereocenters. The van der Waals surface area contributed by atoms with Crippen molar-refractivity contribution in [3.05, 3.63) is 22.4 Å². The molecule has 1 aromatic carbocycles. The lowest BCUT2D eigenvalue weighted by molar-refractivity contribution is -0.122. The first-order valence-corrected chi connectivity index (χ1v) is 7.33. The Balaban J connectivity index is 3.33. The maximum Gasteiger partial charge on any atom is 0.244 e. The normalized spacial score (nSPS) is 12.4. The summed E-state index contributed by atoms with van der Waals surface area (Å²) in [5.74, 6) is -1.89. The third kappa shape index (κ3) is 3.43. The van der Waals surface area contributed by atoms with E-state index in [2.05, 4.69) is 15.9 Å². The number of carbonyl (C=O) groups excluding carboxylic acids is 1. The monoisotopic (exact) mass is 353 g/mol. The topological polar surface area (TPSA) is 115 Å². The number of carbonyl (C=O) groups is 1. The molecule has 1 aromatic rings. The first-order chi connectivity index (χ1) is 8.47. The fourth-order valence-corrected chi connectivity index (χ4v) is 3.35. The summed E-state index contributed by atoms with van der Waals surface area (Å²) in [5.41, 5.74) is 9.04. The molecule has 0 aromatic heterocycles. The maximum atomic E-state index is 13.8. The van der Waals surface area contributed by atoms with Gasteiger partial charge in [-0.25, -0.2) is 12.8 Å². The van der Waals surface area contributed by atoms with Gasteiger partial charge in [-0.15, -0.1) is 0 Å². The Hall–Kier alpha value is -1.19. The minimum absolute atomic E-state index is 0.0607. The van der Waals surface area contributed by atoms with Crippen LogP contribution in [0.5, 0.6) is 0 Å². The molecule has 0 heterocycles. The zero-order chi connectivity index (χ0) is 15.0. The zero-order valence-electron chi connectivity index (χ0n) is 10.2. The lowest BCUT2D eigenvalue weighted by atomic mass is 10.1. The third-order valence-electron chi connectivity index (χ3n) is 2.31. The number of halogens is 2. The molecule has 0 atom stereocenters. The summed E-state index contributed by atoms with van der Waals surface area (Å²) in [6.45, 7) is 2.54. The van der Waals surface area contributed by atoms with Crippen molar-refractivity contribution in [3.63, 3.8) is 0 Å². The highest BCUT2D eigenvalue weighted by Crippen LogP contribution is 2.26. The van der Waals surface area contributed by atoms with Gasteiger partial charge in [0.1, 0.15) is 10.4 Å². The average Bonchev–Trinajstić information content (AvgIpc) is 2.21. The lowest BCUT2D eigenvalue weighted by Gasteiger charge is -2.22. The molecule has 0 aliphatic heterocycles. The number of nitrogens with two attached hydrogens (primary N) is 2. The predicted octanol–water partition coefficient (Wildman–Crippen LogP) is 0.713. The van der Waals surface area contributed by atoms with E-state index in [1.54, 1.807) is 0 Å². The van der Waals surface area contributed by atoms with Crippen LogP contribution in [0.25, 0.3) is 0 Å². The zero-order valence-corrected chi connectivity index (χ0v) is 12.6. The number of sulfonamides is 1. The molecular formula is C10H13BrFN3O3S. The molecule has 0 radical (unpaired) electrons. The molecule has 9 heteroatoms. The van der Waals surface area contributed by atoms with Crippen molar-refractivity contribution in [1.82, 2.24) is 4.72 Å². The molecular weight excluding hydrogens is 341 g/mol. The molecule has 1 amide bonds. The number of anilines is 1. The Labute approximate surface area is 118 Å². The van der Waals surface area contributed by atoms with Gasteiger partial charge >= 0.3 is 0 Å². The minimum Gasteiger partial charge on any atom is -0.399 e. The molecule has 6 nitrogen and oxygen atoms in total. The van der Waals surface area contributed by atoms with Crippen LogP contribution in [0.3, 0.4) is 0 Å². The van der Waals surface area contributed by atoms with E-state index in [0.29, 0.717) is 0 Å². The van der Waals surface area contributed by atoms with Crippen molar-refractivity contribution in [2.24, 2.45) is 5.73 Å². The number of hydrogen-bond acceptors (Lipinski definition) is 4. The highest BCUT2D eigenvalue weighted by atomic mass is 79.9. The molecule has 5 N–H and O–H groups in total. The van der Waals surface area contributed by atoms with E-state index < -0.39 is 32.2 Å². The van der Waals surface area contributed by atoms with Crippen LogP contribution in [0.1, 0.15) is 13.8 Å². The van der Waals surface area contributed by atoms with Crippen LogP contribution in [0.2, 0.25) is 0 Å². The van der Waals surface area contributed by atoms with Gasteiger partial charge in [0.2, 0.25) is 15.9 Å². The number of rotatable bonds is 4. The van der Waals surface area contributed by atoms with Gasteiger partial charge in [-0.05, 0) is 41.9 Å². The number of amides is 1. The van der Waals surface area contributed by atoms with E-state index in [0.717, 1.165) is 6.07 Å². The van der Waals surface area contributed by atoms with Crippen LogP contribution in [0, 0.1) is 5.82 Å². The second kappa shape index (κ2) is 5.06. The van der Waals surface area contributed by atoms with Gasteiger partial charge < -0.3 is 11.5 Å². The quantitative estimate of drug-likeness (QED) is 0.691. The Morgan fingerprint density at radius 2 is 1.95 bits per heavy atom. The fourth-order valence-electron chi connectivity index (χ4n) is 1.22. The summed E-state index contributed by atoms with van der Waals surface area (Å²) < 4.78 is 39.8. The largest absolute Gasteiger partial charge is 0.399 e. The molecule has 0 spiro atoms. The SMILES string of the molecule is CC(C)(NS(=O)(=O)c1cc(N)cc(Br)c1F)C(N)=O. The molecule has 0 fully saturated rings. The summed E-state index contributed by atoms with van der Waals surface area (Å²) >= 11 is 2.86. The minimum atomic E-state index is -4.27. The van der Waals surface area contributed by atoms with E-state index in [1.807, 2.05) is 4.72 Å². The van der Waals surface area contributed by atoms with Crippen molar-refractivity contribution in [2.45, 2.75) is 24.3 Å².